The van der Waals surface area contributed by atoms with Crippen molar-refractivity contribution in [3.05, 3.63) is 0 Å². The molecule has 2 aliphatic rings. The van der Waals surface area contributed by atoms with Gasteiger partial charge in [0, 0.05) is 19.1 Å². The van der Waals surface area contributed by atoms with Crippen LogP contribution in [0.5, 0.6) is 0 Å². The number of carbonyl (C=O) groups excluding carboxylic acids is 1. The lowest BCUT2D eigenvalue weighted by atomic mass is 9.92. The summed E-state index contributed by atoms with van der Waals surface area (Å²) >= 11 is 0. The number of likely N-dealkylation sites (tertiary alicyclic amines) is 1. The molecule has 2 N–H and O–H groups in total. The molecule has 21 heavy (non-hydrogen) atoms. The van der Waals surface area contributed by atoms with E-state index in [1.165, 1.54) is 0 Å². The molecule has 6 heteroatoms. The molecule has 6 nitrogen and oxygen atoms in total. The van der Waals surface area contributed by atoms with Gasteiger partial charge in [-0.1, -0.05) is 6.92 Å². The van der Waals surface area contributed by atoms with Crippen LogP contribution in [0.2, 0.25) is 0 Å². The molecule has 2 fully saturated rings. The summed E-state index contributed by atoms with van der Waals surface area (Å²) in [6.07, 6.45) is 3.34. The second-order valence-corrected chi connectivity index (χ2v) is 6.23. The molecule has 120 valence electrons. The molecular formula is C15H27N3O3. The fourth-order valence-electron chi connectivity index (χ4n) is 3.44. The number of amides is 2. The quantitative estimate of drug-likeness (QED) is 0.825. The average Bonchev–Trinajstić information content (AvgIpc) is 2.48. The first-order valence-corrected chi connectivity index (χ1v) is 8.05. The molecule has 2 atom stereocenters. The van der Waals surface area contributed by atoms with E-state index in [0.29, 0.717) is 25.4 Å². The Morgan fingerprint density at radius 2 is 1.95 bits per heavy atom. The first kappa shape index (κ1) is 16.1. The van der Waals surface area contributed by atoms with Gasteiger partial charge >= 0.3 is 12.0 Å². The van der Waals surface area contributed by atoms with Crippen molar-refractivity contribution >= 4 is 12.0 Å². The van der Waals surface area contributed by atoms with Crippen molar-refractivity contribution in [1.82, 2.24) is 15.1 Å². The summed E-state index contributed by atoms with van der Waals surface area (Å²) in [6.45, 7) is 7.08. The van der Waals surface area contributed by atoms with Crippen LogP contribution in [-0.4, -0.2) is 65.2 Å². The zero-order valence-corrected chi connectivity index (χ0v) is 13.0. The lowest BCUT2D eigenvalue weighted by molar-refractivity contribution is -0.144. The molecule has 2 unspecified atom stereocenters. The van der Waals surface area contributed by atoms with Crippen LogP contribution < -0.4 is 5.32 Å². The maximum atomic E-state index is 12.8. The molecule has 2 saturated heterocycles. The minimum Gasteiger partial charge on any atom is -0.480 e. The summed E-state index contributed by atoms with van der Waals surface area (Å²) in [4.78, 5) is 27.7. The zero-order chi connectivity index (χ0) is 15.4. The fourth-order valence-corrected chi connectivity index (χ4v) is 3.44. The maximum Gasteiger partial charge on any atom is 0.326 e. The Hall–Kier alpha value is -1.30. The second-order valence-electron chi connectivity index (χ2n) is 6.23. The highest BCUT2D eigenvalue weighted by molar-refractivity contribution is 5.83. The van der Waals surface area contributed by atoms with Gasteiger partial charge in [0.1, 0.15) is 6.04 Å². The Bertz CT molecular complexity index is 382. The van der Waals surface area contributed by atoms with Gasteiger partial charge in [0.05, 0.1) is 0 Å². The van der Waals surface area contributed by atoms with Crippen molar-refractivity contribution in [2.75, 3.05) is 26.2 Å². The van der Waals surface area contributed by atoms with E-state index in [1.807, 2.05) is 11.8 Å². The van der Waals surface area contributed by atoms with Gasteiger partial charge in [-0.05, 0) is 51.6 Å². The van der Waals surface area contributed by atoms with Crippen molar-refractivity contribution in [2.24, 2.45) is 5.92 Å². The number of nitrogens with zero attached hydrogens (tertiary/aromatic N) is 2. The third kappa shape index (κ3) is 3.67. The molecule has 2 heterocycles. The number of hydrogen-bond acceptors (Lipinski definition) is 3. The highest BCUT2D eigenvalue weighted by Gasteiger charge is 2.38. The van der Waals surface area contributed by atoms with Crippen LogP contribution in [0, 0.1) is 5.92 Å². The smallest absolute Gasteiger partial charge is 0.326 e. The van der Waals surface area contributed by atoms with Crippen LogP contribution in [0.25, 0.3) is 0 Å². The van der Waals surface area contributed by atoms with Gasteiger partial charge in [0.25, 0.3) is 0 Å². The summed E-state index contributed by atoms with van der Waals surface area (Å²) in [5, 5.41) is 12.7. The third-order valence-corrected chi connectivity index (χ3v) is 4.73. The Kier molecular flexibility index (Phi) is 5.45. The van der Waals surface area contributed by atoms with Crippen LogP contribution >= 0.6 is 0 Å². The van der Waals surface area contributed by atoms with Gasteiger partial charge in [-0.3, -0.25) is 0 Å². The van der Waals surface area contributed by atoms with Crippen molar-refractivity contribution in [3.8, 4) is 0 Å². The maximum absolute atomic E-state index is 12.8. The largest absolute Gasteiger partial charge is 0.480 e. The van der Waals surface area contributed by atoms with E-state index in [-0.39, 0.29) is 12.1 Å². The molecule has 0 radical (unpaired) electrons. The molecule has 2 amide bonds. The van der Waals surface area contributed by atoms with E-state index in [4.69, 9.17) is 0 Å². The van der Waals surface area contributed by atoms with Crippen molar-refractivity contribution < 1.29 is 14.7 Å². The molecule has 0 aromatic rings. The molecule has 0 bridgehead atoms. The van der Waals surface area contributed by atoms with E-state index in [9.17, 15) is 14.7 Å². The second kappa shape index (κ2) is 7.11. The number of carboxylic acid groups (broad SMARTS) is 1. The van der Waals surface area contributed by atoms with Crippen LogP contribution in [0.4, 0.5) is 4.79 Å². The van der Waals surface area contributed by atoms with E-state index < -0.39 is 12.0 Å². The number of aliphatic carboxylic acids is 1. The monoisotopic (exact) mass is 297 g/mol. The van der Waals surface area contributed by atoms with Crippen LogP contribution in [-0.2, 0) is 4.79 Å². The van der Waals surface area contributed by atoms with E-state index in [1.54, 1.807) is 4.90 Å². The Morgan fingerprint density at radius 3 is 2.52 bits per heavy atom. The molecule has 2 rings (SSSR count). The first-order valence-electron chi connectivity index (χ1n) is 8.05. The molecule has 0 saturated carbocycles. The lowest BCUT2D eigenvalue weighted by Crippen LogP contribution is -2.57. The van der Waals surface area contributed by atoms with Crippen LogP contribution in [0.3, 0.4) is 0 Å². The van der Waals surface area contributed by atoms with Crippen LogP contribution in [0.15, 0.2) is 0 Å². The summed E-state index contributed by atoms with van der Waals surface area (Å²) in [6, 6.07) is -0.529. The topological polar surface area (TPSA) is 72.9 Å². The normalized spacial score (nSPS) is 27.4. The summed E-state index contributed by atoms with van der Waals surface area (Å²) in [7, 11) is 0. The Balaban J connectivity index is 2.09. The zero-order valence-electron chi connectivity index (χ0n) is 13.0. The van der Waals surface area contributed by atoms with Gasteiger partial charge in [-0.15, -0.1) is 0 Å². The molecule has 0 aromatic heterocycles. The van der Waals surface area contributed by atoms with Gasteiger partial charge in [0.2, 0.25) is 0 Å². The lowest BCUT2D eigenvalue weighted by Gasteiger charge is -2.42. The number of urea groups is 1. The summed E-state index contributed by atoms with van der Waals surface area (Å²) in [5.41, 5.74) is 0. The van der Waals surface area contributed by atoms with Crippen molar-refractivity contribution in [3.63, 3.8) is 0 Å². The van der Waals surface area contributed by atoms with Crippen molar-refractivity contribution in [2.45, 2.75) is 51.6 Å². The van der Waals surface area contributed by atoms with Crippen molar-refractivity contribution in [1.29, 1.82) is 0 Å². The molecule has 0 spiro atoms. The minimum absolute atomic E-state index is 0.0938. The van der Waals surface area contributed by atoms with E-state index >= 15 is 0 Å². The summed E-state index contributed by atoms with van der Waals surface area (Å²) < 4.78 is 0. The number of carboxylic acids is 1. The number of hydrogen-bond donors (Lipinski definition) is 2. The predicted molar refractivity (Wildman–Crippen MR) is 80.2 cm³/mol. The highest BCUT2D eigenvalue weighted by atomic mass is 16.4. The van der Waals surface area contributed by atoms with Gasteiger partial charge in [-0.25, -0.2) is 9.59 Å². The fraction of sp³-hybridized carbons (Fsp3) is 0.867. The van der Waals surface area contributed by atoms with E-state index in [0.717, 1.165) is 32.4 Å². The third-order valence-electron chi connectivity index (χ3n) is 4.73. The molecule has 0 aromatic carbocycles. The predicted octanol–water partition coefficient (Wildman–Crippen LogP) is 1.37. The number of rotatable bonds is 3. The average molecular weight is 297 g/mol. The molecule has 0 aliphatic carbocycles. The minimum atomic E-state index is -0.878. The number of piperidine rings is 2. The molecular weight excluding hydrogens is 270 g/mol. The number of carbonyl (C=O) groups is 2. The SMILES string of the molecule is CCN(C(=O)N1CCC(C)CC1C(=O)O)C1CCNCC1. The standard InChI is InChI=1S/C15H27N3O3/c1-3-17(12-4-7-16-8-5-12)15(21)18-9-6-11(2)10-13(18)14(19)20/h11-13,16H,3-10H2,1-2H3,(H,19,20). The van der Waals surface area contributed by atoms with Gasteiger partial charge in [-0.2, -0.15) is 0 Å². The van der Waals surface area contributed by atoms with Crippen LogP contribution in [0.1, 0.15) is 39.5 Å². The highest BCUT2D eigenvalue weighted by Crippen LogP contribution is 2.25. The Labute approximate surface area is 126 Å². The first-order chi connectivity index (χ1) is 10.0. The summed E-state index contributed by atoms with van der Waals surface area (Å²) in [5.74, 6) is -0.514. The van der Waals surface area contributed by atoms with E-state index in [2.05, 4.69) is 12.2 Å². The molecule has 2 aliphatic heterocycles. The number of nitrogens with one attached hydrogen (secondary N) is 1. The Morgan fingerprint density at radius 1 is 1.29 bits per heavy atom. The van der Waals surface area contributed by atoms with Gasteiger partial charge in [0.15, 0.2) is 0 Å². The van der Waals surface area contributed by atoms with Gasteiger partial charge < -0.3 is 20.2 Å².